The van der Waals surface area contributed by atoms with Crippen LogP contribution in [-0.2, 0) is 13.0 Å². The van der Waals surface area contributed by atoms with Gasteiger partial charge in [0, 0.05) is 24.0 Å². The van der Waals surface area contributed by atoms with Gasteiger partial charge in [-0.3, -0.25) is 4.79 Å². The van der Waals surface area contributed by atoms with Gasteiger partial charge < -0.3 is 14.4 Å². The summed E-state index contributed by atoms with van der Waals surface area (Å²) in [4.78, 5) is 14.5. The van der Waals surface area contributed by atoms with Crippen LogP contribution in [0.25, 0.3) is 11.0 Å². The van der Waals surface area contributed by atoms with Gasteiger partial charge in [0.15, 0.2) is 5.75 Å². The standard InChI is InChI=1S/C18H13Cl2NO3/c19-14-7-12-9-21(5-3-13(12)16(20)17(14)22)18(23)11-2-1-10-4-6-24-15(10)8-11/h1-2,4,6-8,22H,3,5,9H2. The van der Waals surface area contributed by atoms with E-state index in [9.17, 15) is 9.90 Å². The summed E-state index contributed by atoms with van der Waals surface area (Å²) in [6, 6.07) is 8.96. The number of fused-ring (bicyclic) bond motifs is 2. The Labute approximate surface area is 148 Å². The van der Waals surface area contributed by atoms with E-state index in [1.54, 1.807) is 29.4 Å². The molecule has 0 spiro atoms. The number of hydrogen-bond acceptors (Lipinski definition) is 3. The number of hydrogen-bond donors (Lipinski definition) is 1. The van der Waals surface area contributed by atoms with Gasteiger partial charge in [0.1, 0.15) is 5.58 Å². The molecule has 0 bridgehead atoms. The zero-order valence-electron chi connectivity index (χ0n) is 12.6. The highest BCUT2D eigenvalue weighted by molar-refractivity contribution is 6.37. The minimum Gasteiger partial charge on any atom is -0.505 e. The first-order valence-corrected chi connectivity index (χ1v) is 8.25. The molecule has 122 valence electrons. The molecule has 24 heavy (non-hydrogen) atoms. The predicted octanol–water partition coefficient (Wildman–Crippen LogP) is 4.64. The van der Waals surface area contributed by atoms with Gasteiger partial charge in [0.25, 0.3) is 5.91 Å². The molecule has 3 aromatic rings. The van der Waals surface area contributed by atoms with Gasteiger partial charge in [0.05, 0.1) is 16.3 Å². The molecule has 0 radical (unpaired) electrons. The van der Waals surface area contributed by atoms with Crippen molar-refractivity contribution in [1.82, 2.24) is 4.90 Å². The monoisotopic (exact) mass is 361 g/mol. The number of phenolic OH excluding ortho intramolecular Hbond substituents is 1. The van der Waals surface area contributed by atoms with Crippen LogP contribution in [-0.4, -0.2) is 22.5 Å². The van der Waals surface area contributed by atoms with E-state index in [1.165, 1.54) is 0 Å². The molecule has 1 aliphatic heterocycles. The molecule has 0 unspecified atom stereocenters. The molecule has 6 heteroatoms. The lowest BCUT2D eigenvalue weighted by atomic mass is 9.98. The summed E-state index contributed by atoms with van der Waals surface area (Å²) in [5, 5.41) is 11.3. The molecule has 1 aromatic heterocycles. The van der Waals surface area contributed by atoms with Crippen LogP contribution in [0.4, 0.5) is 0 Å². The Morgan fingerprint density at radius 1 is 1.21 bits per heavy atom. The SMILES string of the molecule is O=C(c1ccc2ccoc2c1)N1CCc2c(cc(Cl)c(O)c2Cl)C1. The topological polar surface area (TPSA) is 53.7 Å². The third kappa shape index (κ3) is 2.43. The predicted molar refractivity (Wildman–Crippen MR) is 92.8 cm³/mol. The lowest BCUT2D eigenvalue weighted by molar-refractivity contribution is 0.0734. The number of benzene rings is 2. The minimum atomic E-state index is -0.0971. The largest absolute Gasteiger partial charge is 0.505 e. The second-order valence-corrected chi connectivity index (χ2v) is 6.59. The van der Waals surface area contributed by atoms with Gasteiger partial charge in [-0.05, 0) is 41.8 Å². The highest BCUT2D eigenvalue weighted by Crippen LogP contribution is 2.39. The summed E-state index contributed by atoms with van der Waals surface area (Å²) in [7, 11) is 0. The summed E-state index contributed by atoms with van der Waals surface area (Å²) in [6.07, 6.45) is 2.18. The van der Waals surface area contributed by atoms with Crippen molar-refractivity contribution in [2.75, 3.05) is 6.54 Å². The second kappa shape index (κ2) is 5.72. The van der Waals surface area contributed by atoms with Gasteiger partial charge in [-0.1, -0.05) is 29.3 Å². The van der Waals surface area contributed by atoms with E-state index >= 15 is 0 Å². The number of furan rings is 1. The lowest BCUT2D eigenvalue weighted by Gasteiger charge is -2.30. The fraction of sp³-hybridized carbons (Fsp3) is 0.167. The van der Waals surface area contributed by atoms with Crippen molar-refractivity contribution in [3.8, 4) is 5.75 Å². The maximum atomic E-state index is 12.8. The van der Waals surface area contributed by atoms with E-state index in [4.69, 9.17) is 27.6 Å². The molecule has 2 aromatic carbocycles. The Balaban J connectivity index is 1.65. The number of halogens is 2. The quantitative estimate of drug-likeness (QED) is 0.686. The number of carbonyl (C=O) groups excluding carboxylic acids is 1. The van der Waals surface area contributed by atoms with Crippen molar-refractivity contribution in [2.24, 2.45) is 0 Å². The van der Waals surface area contributed by atoms with Crippen LogP contribution in [0.1, 0.15) is 21.5 Å². The first-order valence-electron chi connectivity index (χ1n) is 7.50. The third-order valence-electron chi connectivity index (χ3n) is 4.37. The van der Waals surface area contributed by atoms with E-state index in [0.717, 1.165) is 16.5 Å². The Hall–Kier alpha value is -2.17. The number of carbonyl (C=O) groups is 1. The molecule has 2 heterocycles. The van der Waals surface area contributed by atoms with Gasteiger partial charge in [-0.2, -0.15) is 0 Å². The number of amides is 1. The van der Waals surface area contributed by atoms with Crippen molar-refractivity contribution < 1.29 is 14.3 Å². The molecule has 1 N–H and O–H groups in total. The Morgan fingerprint density at radius 3 is 2.88 bits per heavy atom. The zero-order valence-corrected chi connectivity index (χ0v) is 14.1. The molecule has 4 nitrogen and oxygen atoms in total. The molecule has 0 saturated heterocycles. The van der Waals surface area contributed by atoms with Crippen LogP contribution in [0.2, 0.25) is 10.0 Å². The van der Waals surface area contributed by atoms with E-state index in [-0.39, 0.29) is 21.7 Å². The van der Waals surface area contributed by atoms with E-state index in [0.29, 0.717) is 30.7 Å². The summed E-state index contributed by atoms with van der Waals surface area (Å²) in [6.45, 7) is 0.937. The molecular formula is C18H13Cl2NO3. The number of aromatic hydroxyl groups is 1. The number of rotatable bonds is 1. The lowest BCUT2D eigenvalue weighted by Crippen LogP contribution is -2.36. The van der Waals surface area contributed by atoms with Crippen molar-refractivity contribution in [3.05, 3.63) is 63.3 Å². The Bertz CT molecular complexity index is 964. The maximum Gasteiger partial charge on any atom is 0.254 e. The van der Waals surface area contributed by atoms with Crippen LogP contribution >= 0.6 is 23.2 Å². The molecular weight excluding hydrogens is 349 g/mol. The average molecular weight is 362 g/mol. The van der Waals surface area contributed by atoms with E-state index in [2.05, 4.69) is 0 Å². The number of nitrogens with zero attached hydrogens (tertiary/aromatic N) is 1. The third-order valence-corrected chi connectivity index (χ3v) is 5.07. The summed E-state index contributed by atoms with van der Waals surface area (Å²) in [5.41, 5.74) is 2.98. The van der Waals surface area contributed by atoms with E-state index in [1.807, 2.05) is 12.1 Å². The molecule has 0 atom stereocenters. The van der Waals surface area contributed by atoms with Crippen molar-refractivity contribution in [1.29, 1.82) is 0 Å². The molecule has 0 aliphatic carbocycles. The van der Waals surface area contributed by atoms with Crippen LogP contribution in [0.5, 0.6) is 5.75 Å². The zero-order chi connectivity index (χ0) is 16.8. The summed E-state index contributed by atoms with van der Waals surface area (Å²) < 4.78 is 5.36. The first kappa shape index (κ1) is 15.4. The molecule has 0 saturated carbocycles. The number of phenols is 1. The normalized spacial score (nSPS) is 14.0. The van der Waals surface area contributed by atoms with Crippen LogP contribution in [0.3, 0.4) is 0 Å². The smallest absolute Gasteiger partial charge is 0.254 e. The van der Waals surface area contributed by atoms with Crippen molar-refractivity contribution in [2.45, 2.75) is 13.0 Å². The maximum absolute atomic E-state index is 12.8. The van der Waals surface area contributed by atoms with Crippen molar-refractivity contribution in [3.63, 3.8) is 0 Å². The second-order valence-electron chi connectivity index (χ2n) is 5.81. The van der Waals surface area contributed by atoms with Crippen LogP contribution in [0, 0.1) is 0 Å². The molecule has 1 amide bonds. The Morgan fingerprint density at radius 2 is 2.04 bits per heavy atom. The average Bonchev–Trinajstić information content (AvgIpc) is 3.06. The van der Waals surface area contributed by atoms with Gasteiger partial charge in [-0.15, -0.1) is 0 Å². The van der Waals surface area contributed by atoms with Gasteiger partial charge >= 0.3 is 0 Å². The molecule has 1 aliphatic rings. The first-order chi connectivity index (χ1) is 11.5. The van der Waals surface area contributed by atoms with Gasteiger partial charge in [0.2, 0.25) is 0 Å². The Kier molecular flexibility index (Phi) is 3.66. The van der Waals surface area contributed by atoms with E-state index < -0.39 is 0 Å². The van der Waals surface area contributed by atoms with Crippen LogP contribution in [0.15, 0.2) is 41.0 Å². The molecule has 4 rings (SSSR count). The highest BCUT2D eigenvalue weighted by Gasteiger charge is 2.25. The van der Waals surface area contributed by atoms with Crippen molar-refractivity contribution >= 4 is 40.1 Å². The summed E-state index contributed by atoms with van der Waals surface area (Å²) in [5.74, 6) is -0.167. The minimum absolute atomic E-state index is 0.0701. The highest BCUT2D eigenvalue weighted by atomic mass is 35.5. The molecule has 0 fully saturated rings. The fourth-order valence-corrected chi connectivity index (χ4v) is 3.68. The fourth-order valence-electron chi connectivity index (χ4n) is 3.08. The van der Waals surface area contributed by atoms with Crippen LogP contribution < -0.4 is 0 Å². The van der Waals surface area contributed by atoms with Gasteiger partial charge in [-0.25, -0.2) is 0 Å². The summed E-state index contributed by atoms with van der Waals surface area (Å²) >= 11 is 12.2.